The van der Waals surface area contributed by atoms with Gasteiger partial charge in [0.25, 0.3) is 0 Å². The Hall–Kier alpha value is -1.77. The Morgan fingerprint density at radius 2 is 2.07 bits per heavy atom. The molecular weight excluding hydrogens is 178 g/mol. The summed E-state index contributed by atoms with van der Waals surface area (Å²) in [5.41, 5.74) is 1.78. The van der Waals surface area contributed by atoms with E-state index in [9.17, 15) is 4.79 Å². The van der Waals surface area contributed by atoms with Gasteiger partial charge in [-0.05, 0) is 24.6 Å². The van der Waals surface area contributed by atoms with Crippen LogP contribution in [0.5, 0.6) is 0 Å². The normalized spacial score (nSPS) is 11.1. The number of carboxylic acid groups (broad SMARTS) is 1. The molecule has 0 amide bonds. The molecule has 0 unspecified atom stereocenters. The van der Waals surface area contributed by atoms with Gasteiger partial charge in [-0.3, -0.25) is 0 Å². The lowest BCUT2D eigenvalue weighted by Crippen LogP contribution is -2.04. The van der Waals surface area contributed by atoms with Crippen LogP contribution in [-0.4, -0.2) is 17.6 Å². The lowest BCUT2D eigenvalue weighted by molar-refractivity contribution is -0.131. The fourth-order valence-corrected chi connectivity index (χ4v) is 1.06. The minimum atomic E-state index is -0.905. The predicted molar refractivity (Wildman–Crippen MR) is 56.3 cm³/mol. The van der Waals surface area contributed by atoms with Crippen LogP contribution in [-0.2, 0) is 4.79 Å². The van der Waals surface area contributed by atoms with E-state index < -0.39 is 5.97 Å². The van der Waals surface area contributed by atoms with Crippen molar-refractivity contribution in [3.63, 3.8) is 0 Å². The highest BCUT2D eigenvalue weighted by Gasteiger charge is 1.94. The average Bonchev–Trinajstić information content (AvgIpc) is 2.15. The quantitative estimate of drug-likeness (QED) is 0.717. The summed E-state index contributed by atoms with van der Waals surface area (Å²) in [5, 5.41) is 11.6. The molecule has 0 saturated heterocycles. The Morgan fingerprint density at radius 1 is 1.43 bits per heavy atom. The molecule has 1 rings (SSSR count). The summed E-state index contributed by atoms with van der Waals surface area (Å²) >= 11 is 0. The SMILES string of the molecule is C/C(=C/C(=O)O)CNc1ccccc1. The highest BCUT2D eigenvalue weighted by Crippen LogP contribution is 2.05. The number of hydrogen-bond donors (Lipinski definition) is 2. The van der Waals surface area contributed by atoms with Crippen molar-refractivity contribution in [3.8, 4) is 0 Å². The lowest BCUT2D eigenvalue weighted by atomic mass is 10.2. The number of benzene rings is 1. The van der Waals surface area contributed by atoms with Crippen molar-refractivity contribution in [1.82, 2.24) is 0 Å². The van der Waals surface area contributed by atoms with E-state index in [0.717, 1.165) is 11.3 Å². The summed E-state index contributed by atoms with van der Waals surface area (Å²) in [4.78, 5) is 10.3. The molecule has 0 heterocycles. The van der Waals surface area contributed by atoms with Crippen LogP contribution in [0, 0.1) is 0 Å². The largest absolute Gasteiger partial charge is 0.478 e. The zero-order chi connectivity index (χ0) is 10.4. The monoisotopic (exact) mass is 191 g/mol. The lowest BCUT2D eigenvalue weighted by Gasteiger charge is -2.05. The highest BCUT2D eigenvalue weighted by atomic mass is 16.4. The number of aliphatic carboxylic acids is 1. The van der Waals surface area contributed by atoms with Crippen molar-refractivity contribution >= 4 is 11.7 Å². The van der Waals surface area contributed by atoms with Crippen LogP contribution in [0.3, 0.4) is 0 Å². The van der Waals surface area contributed by atoms with Gasteiger partial charge in [0.05, 0.1) is 0 Å². The van der Waals surface area contributed by atoms with Crippen LogP contribution in [0.2, 0.25) is 0 Å². The van der Waals surface area contributed by atoms with Gasteiger partial charge in [0.2, 0.25) is 0 Å². The summed E-state index contributed by atoms with van der Waals surface area (Å²) in [6, 6.07) is 9.67. The number of carboxylic acids is 1. The van der Waals surface area contributed by atoms with Crippen molar-refractivity contribution < 1.29 is 9.90 Å². The van der Waals surface area contributed by atoms with Gasteiger partial charge in [0.1, 0.15) is 0 Å². The molecule has 0 saturated carbocycles. The number of carbonyl (C=O) groups is 1. The van der Waals surface area contributed by atoms with Gasteiger partial charge < -0.3 is 10.4 Å². The fraction of sp³-hybridized carbons (Fsp3) is 0.182. The van der Waals surface area contributed by atoms with E-state index in [1.54, 1.807) is 6.92 Å². The maximum absolute atomic E-state index is 10.3. The van der Waals surface area contributed by atoms with Crippen LogP contribution >= 0.6 is 0 Å². The molecule has 74 valence electrons. The second kappa shape index (κ2) is 5.07. The van der Waals surface area contributed by atoms with E-state index >= 15 is 0 Å². The Labute approximate surface area is 83.1 Å². The molecule has 1 aromatic carbocycles. The van der Waals surface area contributed by atoms with Gasteiger partial charge in [-0.15, -0.1) is 0 Å². The number of para-hydroxylation sites is 1. The van der Waals surface area contributed by atoms with E-state index in [-0.39, 0.29) is 0 Å². The van der Waals surface area contributed by atoms with Crippen LogP contribution in [0.4, 0.5) is 5.69 Å². The van der Waals surface area contributed by atoms with Crippen LogP contribution in [0.25, 0.3) is 0 Å². The number of rotatable bonds is 4. The maximum atomic E-state index is 10.3. The molecule has 0 aliphatic heterocycles. The number of anilines is 1. The topological polar surface area (TPSA) is 49.3 Å². The van der Waals surface area contributed by atoms with E-state index in [4.69, 9.17) is 5.11 Å². The molecule has 0 atom stereocenters. The molecule has 3 nitrogen and oxygen atoms in total. The predicted octanol–water partition coefficient (Wildman–Crippen LogP) is 2.13. The first-order valence-corrected chi connectivity index (χ1v) is 4.37. The molecule has 0 fully saturated rings. The molecule has 0 aliphatic rings. The van der Waals surface area contributed by atoms with Gasteiger partial charge in [-0.25, -0.2) is 4.79 Å². The number of nitrogens with one attached hydrogen (secondary N) is 1. The molecule has 2 N–H and O–H groups in total. The minimum Gasteiger partial charge on any atom is -0.478 e. The summed E-state index contributed by atoms with van der Waals surface area (Å²) in [6.07, 6.45) is 1.20. The molecule has 3 heteroatoms. The van der Waals surface area contributed by atoms with E-state index in [2.05, 4.69) is 5.32 Å². The third-order valence-electron chi connectivity index (χ3n) is 1.72. The second-order valence-corrected chi connectivity index (χ2v) is 3.05. The first kappa shape index (κ1) is 10.3. The van der Waals surface area contributed by atoms with Crippen LogP contribution in [0.15, 0.2) is 42.0 Å². The molecule has 0 aliphatic carbocycles. The Morgan fingerprint density at radius 3 is 2.64 bits per heavy atom. The Bertz CT molecular complexity index is 330. The van der Waals surface area contributed by atoms with Crippen molar-refractivity contribution in [2.45, 2.75) is 6.92 Å². The van der Waals surface area contributed by atoms with Gasteiger partial charge in [-0.2, -0.15) is 0 Å². The van der Waals surface area contributed by atoms with E-state index in [1.165, 1.54) is 6.08 Å². The molecule has 14 heavy (non-hydrogen) atoms. The number of hydrogen-bond acceptors (Lipinski definition) is 2. The standard InChI is InChI=1S/C11H13NO2/c1-9(7-11(13)14)8-12-10-5-3-2-4-6-10/h2-7,12H,8H2,1H3,(H,13,14)/b9-7-. The third kappa shape index (κ3) is 3.76. The summed E-state index contributed by atoms with van der Waals surface area (Å²) in [5.74, 6) is -0.905. The first-order valence-electron chi connectivity index (χ1n) is 4.37. The smallest absolute Gasteiger partial charge is 0.328 e. The third-order valence-corrected chi connectivity index (χ3v) is 1.72. The maximum Gasteiger partial charge on any atom is 0.328 e. The molecule has 1 aromatic rings. The summed E-state index contributed by atoms with van der Waals surface area (Å²) in [7, 11) is 0. The summed E-state index contributed by atoms with van der Waals surface area (Å²) in [6.45, 7) is 2.33. The van der Waals surface area contributed by atoms with Crippen molar-refractivity contribution in [2.75, 3.05) is 11.9 Å². The van der Waals surface area contributed by atoms with Crippen LogP contribution in [0.1, 0.15) is 6.92 Å². The second-order valence-electron chi connectivity index (χ2n) is 3.05. The van der Waals surface area contributed by atoms with Gasteiger partial charge >= 0.3 is 5.97 Å². The van der Waals surface area contributed by atoms with Crippen molar-refractivity contribution in [1.29, 1.82) is 0 Å². The minimum absolute atomic E-state index is 0.552. The van der Waals surface area contributed by atoms with Crippen molar-refractivity contribution in [3.05, 3.63) is 42.0 Å². The van der Waals surface area contributed by atoms with Crippen LogP contribution < -0.4 is 5.32 Å². The Balaban J connectivity index is 2.45. The highest BCUT2D eigenvalue weighted by molar-refractivity contribution is 5.80. The van der Waals surface area contributed by atoms with Gasteiger partial charge in [-0.1, -0.05) is 18.2 Å². The summed E-state index contributed by atoms with van der Waals surface area (Å²) < 4.78 is 0. The Kier molecular flexibility index (Phi) is 3.73. The fourth-order valence-electron chi connectivity index (χ4n) is 1.06. The molecule has 0 aromatic heterocycles. The average molecular weight is 191 g/mol. The zero-order valence-electron chi connectivity index (χ0n) is 8.03. The zero-order valence-corrected chi connectivity index (χ0v) is 8.03. The molecule has 0 bridgehead atoms. The van der Waals surface area contributed by atoms with E-state index in [0.29, 0.717) is 6.54 Å². The van der Waals surface area contributed by atoms with E-state index in [1.807, 2.05) is 30.3 Å². The molecule has 0 radical (unpaired) electrons. The van der Waals surface area contributed by atoms with Gasteiger partial charge in [0.15, 0.2) is 0 Å². The molecular formula is C11H13NO2. The first-order chi connectivity index (χ1) is 6.68. The molecule has 0 spiro atoms. The van der Waals surface area contributed by atoms with Gasteiger partial charge in [0, 0.05) is 18.3 Å². The van der Waals surface area contributed by atoms with Crippen molar-refractivity contribution in [2.24, 2.45) is 0 Å².